The molecule has 0 aromatic carbocycles. The van der Waals surface area contributed by atoms with Gasteiger partial charge in [0.25, 0.3) is 0 Å². The summed E-state index contributed by atoms with van der Waals surface area (Å²) in [6.45, 7) is 0. The quantitative estimate of drug-likeness (QED) is 0.862. The summed E-state index contributed by atoms with van der Waals surface area (Å²) in [6, 6.07) is 1.21. The number of carbonyl (C=O) groups excluding carboxylic acids is 1. The summed E-state index contributed by atoms with van der Waals surface area (Å²) in [4.78, 5) is 25.7. The zero-order valence-electron chi connectivity index (χ0n) is 12.7. The van der Waals surface area contributed by atoms with Crippen LogP contribution >= 0.6 is 0 Å². The van der Waals surface area contributed by atoms with Crippen LogP contribution in [0.15, 0.2) is 18.3 Å². The van der Waals surface area contributed by atoms with Gasteiger partial charge in [-0.05, 0) is 37.3 Å². The van der Waals surface area contributed by atoms with Gasteiger partial charge in [0.1, 0.15) is 6.04 Å². The summed E-state index contributed by atoms with van der Waals surface area (Å²) in [5, 5.41) is 13.5. The lowest BCUT2D eigenvalue weighted by Gasteiger charge is -2.32. The van der Waals surface area contributed by atoms with E-state index in [4.69, 9.17) is 0 Å². The number of aryl methyl sites for hydroxylation is 1. The van der Waals surface area contributed by atoms with Gasteiger partial charge in [-0.25, -0.2) is 4.79 Å². The number of carboxylic acids is 1. The van der Waals surface area contributed by atoms with E-state index in [0.717, 1.165) is 31.4 Å². The topological polar surface area (TPSA) is 75.4 Å². The lowest BCUT2D eigenvalue weighted by atomic mass is 9.85. The summed E-state index contributed by atoms with van der Waals surface area (Å²) in [5.41, 5.74) is 0.819. The van der Waals surface area contributed by atoms with E-state index in [-0.39, 0.29) is 11.9 Å². The fourth-order valence-electron chi connectivity index (χ4n) is 3.79. The molecule has 3 rings (SSSR count). The zero-order valence-corrected chi connectivity index (χ0v) is 12.7. The van der Waals surface area contributed by atoms with E-state index in [1.807, 2.05) is 6.07 Å². The number of aliphatic carboxylic acids is 1. The van der Waals surface area contributed by atoms with Crippen molar-refractivity contribution in [2.45, 2.75) is 44.2 Å². The number of likely N-dealkylation sites (tertiary alicyclic amines) is 1. The molecule has 3 atom stereocenters. The summed E-state index contributed by atoms with van der Waals surface area (Å²) >= 11 is 0. The van der Waals surface area contributed by atoms with Crippen molar-refractivity contribution < 1.29 is 14.7 Å². The molecule has 3 unspecified atom stereocenters. The van der Waals surface area contributed by atoms with E-state index < -0.39 is 12.0 Å². The van der Waals surface area contributed by atoms with Crippen LogP contribution in [0.1, 0.15) is 37.8 Å². The second-order valence-corrected chi connectivity index (χ2v) is 6.16. The van der Waals surface area contributed by atoms with Crippen LogP contribution in [0.25, 0.3) is 6.08 Å². The van der Waals surface area contributed by atoms with Gasteiger partial charge in [-0.1, -0.05) is 12.8 Å². The largest absolute Gasteiger partial charge is 0.480 e. The van der Waals surface area contributed by atoms with Crippen LogP contribution in [-0.4, -0.2) is 43.7 Å². The third kappa shape index (κ3) is 2.65. The molecule has 1 saturated heterocycles. The Hall–Kier alpha value is -2.11. The minimum Gasteiger partial charge on any atom is -0.480 e. The zero-order chi connectivity index (χ0) is 15.7. The molecule has 1 N–H and O–H groups in total. The van der Waals surface area contributed by atoms with Crippen LogP contribution in [0.2, 0.25) is 0 Å². The van der Waals surface area contributed by atoms with Crippen molar-refractivity contribution in [1.29, 1.82) is 0 Å². The highest BCUT2D eigenvalue weighted by molar-refractivity contribution is 5.95. The fourth-order valence-corrected chi connectivity index (χ4v) is 3.79. The summed E-state index contributed by atoms with van der Waals surface area (Å²) in [7, 11) is 1.80. The summed E-state index contributed by atoms with van der Waals surface area (Å²) in [6.07, 6.45) is 9.59. The van der Waals surface area contributed by atoms with Crippen molar-refractivity contribution in [2.24, 2.45) is 13.0 Å². The van der Waals surface area contributed by atoms with Crippen LogP contribution in [0.4, 0.5) is 0 Å². The van der Waals surface area contributed by atoms with E-state index in [1.54, 1.807) is 28.9 Å². The molecule has 2 fully saturated rings. The number of amides is 1. The van der Waals surface area contributed by atoms with Crippen LogP contribution < -0.4 is 0 Å². The molecule has 1 aromatic rings. The summed E-state index contributed by atoms with van der Waals surface area (Å²) < 4.78 is 1.67. The molecule has 22 heavy (non-hydrogen) atoms. The molecule has 1 aliphatic heterocycles. The first kappa shape index (κ1) is 14.8. The average molecular weight is 303 g/mol. The maximum Gasteiger partial charge on any atom is 0.326 e. The molecule has 0 spiro atoms. The standard InChI is InChI=1S/C16H21N3O3/c1-18-12(8-9-17-18)6-7-15(20)19-13-5-3-2-4-11(13)10-14(19)16(21)22/h6-9,11,13-14H,2-5,10H2,1H3,(H,21,22). The Labute approximate surface area is 129 Å². The second-order valence-electron chi connectivity index (χ2n) is 6.16. The Morgan fingerprint density at radius 1 is 1.36 bits per heavy atom. The molecule has 6 heteroatoms. The van der Waals surface area contributed by atoms with E-state index in [9.17, 15) is 14.7 Å². The Kier molecular flexibility index (Phi) is 4.00. The highest BCUT2D eigenvalue weighted by Gasteiger charge is 2.46. The minimum absolute atomic E-state index is 0.0820. The molecule has 1 aromatic heterocycles. The molecule has 0 radical (unpaired) electrons. The molecular formula is C16H21N3O3. The molecule has 118 valence electrons. The van der Waals surface area contributed by atoms with Crippen molar-refractivity contribution >= 4 is 18.0 Å². The smallest absolute Gasteiger partial charge is 0.326 e. The maximum absolute atomic E-state index is 12.6. The SMILES string of the molecule is Cn1nccc1C=CC(=O)N1C(C(=O)O)CC2CCCCC21. The number of hydrogen-bond donors (Lipinski definition) is 1. The van der Waals surface area contributed by atoms with Crippen LogP contribution in [0.3, 0.4) is 0 Å². The van der Waals surface area contributed by atoms with E-state index >= 15 is 0 Å². The summed E-state index contributed by atoms with van der Waals surface area (Å²) in [5.74, 6) is -0.761. The number of rotatable bonds is 3. The third-order valence-electron chi connectivity index (χ3n) is 4.88. The Balaban J connectivity index is 1.80. The number of nitrogens with zero attached hydrogens (tertiary/aromatic N) is 3. The molecule has 1 saturated carbocycles. The maximum atomic E-state index is 12.6. The fraction of sp³-hybridized carbons (Fsp3) is 0.562. The first-order valence-corrected chi connectivity index (χ1v) is 7.79. The molecular weight excluding hydrogens is 282 g/mol. The van der Waals surface area contributed by atoms with Crippen molar-refractivity contribution in [3.05, 3.63) is 24.0 Å². The van der Waals surface area contributed by atoms with Gasteiger partial charge in [0.2, 0.25) is 5.91 Å². The lowest BCUT2D eigenvalue weighted by Crippen LogP contribution is -2.45. The van der Waals surface area contributed by atoms with Gasteiger partial charge in [-0.15, -0.1) is 0 Å². The molecule has 2 aliphatic rings. The second kappa shape index (κ2) is 5.94. The minimum atomic E-state index is -0.892. The van der Waals surface area contributed by atoms with Gasteiger partial charge in [-0.2, -0.15) is 5.10 Å². The van der Waals surface area contributed by atoms with Gasteiger partial charge >= 0.3 is 5.97 Å². The number of carbonyl (C=O) groups is 2. The Morgan fingerprint density at radius 2 is 2.14 bits per heavy atom. The normalized spacial score (nSPS) is 28.0. The molecule has 2 heterocycles. The van der Waals surface area contributed by atoms with Crippen LogP contribution in [0, 0.1) is 5.92 Å². The van der Waals surface area contributed by atoms with Gasteiger partial charge in [0, 0.05) is 25.4 Å². The Bertz CT molecular complexity index is 608. The average Bonchev–Trinajstić information content (AvgIpc) is 3.08. The molecule has 0 bridgehead atoms. The number of carboxylic acid groups (broad SMARTS) is 1. The van der Waals surface area contributed by atoms with Crippen molar-refractivity contribution in [3.63, 3.8) is 0 Å². The number of fused-ring (bicyclic) bond motifs is 1. The predicted octanol–water partition coefficient (Wildman–Crippen LogP) is 1.68. The van der Waals surface area contributed by atoms with Crippen LogP contribution in [-0.2, 0) is 16.6 Å². The van der Waals surface area contributed by atoms with Gasteiger partial charge in [0.15, 0.2) is 0 Å². The van der Waals surface area contributed by atoms with E-state index in [1.165, 1.54) is 6.08 Å². The lowest BCUT2D eigenvalue weighted by molar-refractivity contribution is -0.147. The third-order valence-corrected chi connectivity index (χ3v) is 4.88. The molecule has 1 aliphatic carbocycles. The van der Waals surface area contributed by atoms with Crippen LogP contribution in [0.5, 0.6) is 0 Å². The molecule has 1 amide bonds. The molecule has 6 nitrogen and oxygen atoms in total. The van der Waals surface area contributed by atoms with Gasteiger partial charge < -0.3 is 10.0 Å². The van der Waals surface area contributed by atoms with Gasteiger partial charge in [-0.3, -0.25) is 9.48 Å². The first-order chi connectivity index (χ1) is 10.6. The highest BCUT2D eigenvalue weighted by Crippen LogP contribution is 2.39. The van der Waals surface area contributed by atoms with Crippen molar-refractivity contribution in [2.75, 3.05) is 0 Å². The van der Waals surface area contributed by atoms with Crippen molar-refractivity contribution in [3.8, 4) is 0 Å². The number of aromatic nitrogens is 2. The monoisotopic (exact) mass is 303 g/mol. The van der Waals surface area contributed by atoms with E-state index in [2.05, 4.69) is 5.10 Å². The number of hydrogen-bond acceptors (Lipinski definition) is 3. The van der Waals surface area contributed by atoms with Gasteiger partial charge in [0.05, 0.1) is 5.69 Å². The van der Waals surface area contributed by atoms with E-state index in [0.29, 0.717) is 12.3 Å². The Morgan fingerprint density at radius 3 is 2.82 bits per heavy atom. The van der Waals surface area contributed by atoms with Crippen molar-refractivity contribution in [1.82, 2.24) is 14.7 Å². The first-order valence-electron chi connectivity index (χ1n) is 7.79. The highest BCUT2D eigenvalue weighted by atomic mass is 16.4. The predicted molar refractivity (Wildman–Crippen MR) is 80.9 cm³/mol.